The highest BCUT2D eigenvalue weighted by molar-refractivity contribution is 5.77. The minimum Gasteiger partial charge on any atom is -0.484 e. The summed E-state index contributed by atoms with van der Waals surface area (Å²) in [5.74, 6) is 1.03. The van der Waals surface area contributed by atoms with Gasteiger partial charge in [-0.15, -0.1) is 0 Å². The zero-order valence-corrected chi connectivity index (χ0v) is 10.4. The highest BCUT2D eigenvalue weighted by Crippen LogP contribution is 2.11. The van der Waals surface area contributed by atoms with E-state index in [1.54, 1.807) is 0 Å². The molecule has 0 fully saturated rings. The smallest absolute Gasteiger partial charge is 0.257 e. The van der Waals surface area contributed by atoms with Gasteiger partial charge in [-0.1, -0.05) is 26.0 Å². The Balaban J connectivity index is 2.31. The summed E-state index contributed by atoms with van der Waals surface area (Å²) < 4.78 is 5.35. The molecule has 94 valence electrons. The summed E-state index contributed by atoms with van der Waals surface area (Å²) in [5.41, 5.74) is 6.53. The van der Waals surface area contributed by atoms with E-state index in [1.165, 1.54) is 0 Å². The van der Waals surface area contributed by atoms with Crippen LogP contribution in [-0.2, 0) is 11.3 Å². The van der Waals surface area contributed by atoms with E-state index >= 15 is 0 Å². The van der Waals surface area contributed by atoms with E-state index in [4.69, 9.17) is 10.5 Å². The molecule has 0 radical (unpaired) electrons. The molecular formula is C13H20N2O2. The zero-order chi connectivity index (χ0) is 12.7. The number of amides is 1. The fraction of sp³-hybridized carbons (Fsp3) is 0.462. The van der Waals surface area contributed by atoms with Crippen molar-refractivity contribution in [2.75, 3.05) is 13.2 Å². The fourth-order valence-corrected chi connectivity index (χ4v) is 1.24. The maximum atomic E-state index is 11.4. The molecule has 4 heteroatoms. The molecule has 0 atom stereocenters. The van der Waals surface area contributed by atoms with E-state index in [9.17, 15) is 4.79 Å². The first kappa shape index (κ1) is 13.5. The van der Waals surface area contributed by atoms with Crippen LogP contribution in [0.2, 0.25) is 0 Å². The SMILES string of the molecule is CC(C)CNC(=O)COc1ccc(CN)cc1. The Bertz CT molecular complexity index is 347. The predicted octanol–water partition coefficient (Wildman–Crippen LogP) is 1.30. The molecule has 0 bridgehead atoms. The fourth-order valence-electron chi connectivity index (χ4n) is 1.24. The summed E-state index contributed by atoms with van der Waals surface area (Å²) in [4.78, 5) is 11.4. The van der Waals surface area contributed by atoms with E-state index in [-0.39, 0.29) is 12.5 Å². The normalized spacial score (nSPS) is 10.4. The van der Waals surface area contributed by atoms with Crippen molar-refractivity contribution in [3.8, 4) is 5.75 Å². The number of rotatable bonds is 6. The quantitative estimate of drug-likeness (QED) is 0.782. The standard InChI is InChI=1S/C13H20N2O2/c1-10(2)8-15-13(16)9-17-12-5-3-11(7-14)4-6-12/h3-6,10H,7-9,14H2,1-2H3,(H,15,16). The number of hydrogen-bond donors (Lipinski definition) is 2. The summed E-state index contributed by atoms with van der Waals surface area (Å²) in [7, 11) is 0. The van der Waals surface area contributed by atoms with Gasteiger partial charge in [0.2, 0.25) is 0 Å². The van der Waals surface area contributed by atoms with Gasteiger partial charge in [0.1, 0.15) is 5.75 Å². The molecule has 0 aliphatic carbocycles. The van der Waals surface area contributed by atoms with Crippen molar-refractivity contribution in [1.29, 1.82) is 0 Å². The van der Waals surface area contributed by atoms with Crippen LogP contribution in [0.1, 0.15) is 19.4 Å². The lowest BCUT2D eigenvalue weighted by molar-refractivity contribution is -0.123. The Morgan fingerprint density at radius 2 is 2.00 bits per heavy atom. The minimum atomic E-state index is -0.0957. The molecule has 0 aliphatic heterocycles. The molecule has 0 saturated heterocycles. The third-order valence-corrected chi connectivity index (χ3v) is 2.24. The van der Waals surface area contributed by atoms with Crippen LogP contribution in [0.5, 0.6) is 5.75 Å². The van der Waals surface area contributed by atoms with Gasteiger partial charge in [0, 0.05) is 13.1 Å². The maximum Gasteiger partial charge on any atom is 0.257 e. The Hall–Kier alpha value is -1.55. The molecule has 0 heterocycles. The second-order valence-corrected chi connectivity index (χ2v) is 4.33. The van der Waals surface area contributed by atoms with Crippen LogP contribution < -0.4 is 15.8 Å². The van der Waals surface area contributed by atoms with Crippen molar-refractivity contribution in [1.82, 2.24) is 5.32 Å². The van der Waals surface area contributed by atoms with Gasteiger partial charge < -0.3 is 15.8 Å². The summed E-state index contributed by atoms with van der Waals surface area (Å²) in [6.45, 7) is 5.33. The summed E-state index contributed by atoms with van der Waals surface area (Å²) in [6, 6.07) is 7.42. The van der Waals surface area contributed by atoms with Crippen LogP contribution >= 0.6 is 0 Å². The number of benzene rings is 1. The van der Waals surface area contributed by atoms with E-state index in [2.05, 4.69) is 5.32 Å². The van der Waals surface area contributed by atoms with E-state index in [1.807, 2.05) is 38.1 Å². The van der Waals surface area contributed by atoms with Crippen molar-refractivity contribution in [3.63, 3.8) is 0 Å². The molecule has 4 nitrogen and oxygen atoms in total. The number of carbonyl (C=O) groups excluding carboxylic acids is 1. The van der Waals surface area contributed by atoms with Crippen LogP contribution in [0.15, 0.2) is 24.3 Å². The van der Waals surface area contributed by atoms with Gasteiger partial charge in [0.05, 0.1) is 0 Å². The average molecular weight is 236 g/mol. The summed E-state index contributed by atoms with van der Waals surface area (Å²) in [6.07, 6.45) is 0. The van der Waals surface area contributed by atoms with E-state index in [0.29, 0.717) is 24.8 Å². The molecule has 1 aromatic carbocycles. The Morgan fingerprint density at radius 1 is 1.35 bits per heavy atom. The van der Waals surface area contributed by atoms with Crippen LogP contribution in [0.25, 0.3) is 0 Å². The van der Waals surface area contributed by atoms with Crippen molar-refractivity contribution in [3.05, 3.63) is 29.8 Å². The van der Waals surface area contributed by atoms with Gasteiger partial charge in [-0.2, -0.15) is 0 Å². The Labute approximate surface area is 102 Å². The number of nitrogens with two attached hydrogens (primary N) is 1. The van der Waals surface area contributed by atoms with Gasteiger partial charge in [0.25, 0.3) is 5.91 Å². The monoisotopic (exact) mass is 236 g/mol. The van der Waals surface area contributed by atoms with Crippen LogP contribution in [0, 0.1) is 5.92 Å². The lowest BCUT2D eigenvalue weighted by Gasteiger charge is -2.09. The topological polar surface area (TPSA) is 64.3 Å². The largest absolute Gasteiger partial charge is 0.484 e. The second-order valence-electron chi connectivity index (χ2n) is 4.33. The van der Waals surface area contributed by atoms with Gasteiger partial charge >= 0.3 is 0 Å². The number of nitrogens with one attached hydrogen (secondary N) is 1. The summed E-state index contributed by atoms with van der Waals surface area (Å²) >= 11 is 0. The first-order valence-electron chi connectivity index (χ1n) is 5.80. The van der Waals surface area contributed by atoms with Crippen molar-refractivity contribution < 1.29 is 9.53 Å². The first-order valence-corrected chi connectivity index (χ1v) is 5.80. The van der Waals surface area contributed by atoms with E-state index < -0.39 is 0 Å². The third kappa shape index (κ3) is 5.36. The molecular weight excluding hydrogens is 216 g/mol. The minimum absolute atomic E-state index is 0.0503. The molecule has 0 saturated carbocycles. The molecule has 0 spiro atoms. The van der Waals surface area contributed by atoms with Crippen LogP contribution in [0.4, 0.5) is 0 Å². The van der Waals surface area contributed by atoms with E-state index in [0.717, 1.165) is 5.56 Å². The third-order valence-electron chi connectivity index (χ3n) is 2.24. The van der Waals surface area contributed by atoms with Crippen molar-refractivity contribution in [2.45, 2.75) is 20.4 Å². The average Bonchev–Trinajstić information content (AvgIpc) is 2.34. The predicted molar refractivity (Wildman–Crippen MR) is 67.7 cm³/mol. The molecule has 17 heavy (non-hydrogen) atoms. The second kappa shape index (κ2) is 6.91. The molecule has 0 aliphatic rings. The van der Waals surface area contributed by atoms with Gasteiger partial charge in [-0.05, 0) is 23.6 Å². The van der Waals surface area contributed by atoms with Crippen LogP contribution in [-0.4, -0.2) is 19.1 Å². The summed E-state index contributed by atoms with van der Waals surface area (Å²) in [5, 5.41) is 2.79. The van der Waals surface area contributed by atoms with Gasteiger partial charge in [-0.3, -0.25) is 4.79 Å². The van der Waals surface area contributed by atoms with Gasteiger partial charge in [-0.25, -0.2) is 0 Å². The first-order chi connectivity index (χ1) is 8.11. The molecule has 1 rings (SSSR count). The lowest BCUT2D eigenvalue weighted by Crippen LogP contribution is -2.31. The Morgan fingerprint density at radius 3 is 2.53 bits per heavy atom. The molecule has 1 amide bonds. The molecule has 0 unspecified atom stereocenters. The Kier molecular flexibility index (Phi) is 5.49. The highest BCUT2D eigenvalue weighted by atomic mass is 16.5. The molecule has 1 aromatic rings. The zero-order valence-electron chi connectivity index (χ0n) is 10.4. The number of hydrogen-bond acceptors (Lipinski definition) is 3. The van der Waals surface area contributed by atoms with Crippen LogP contribution in [0.3, 0.4) is 0 Å². The molecule has 3 N–H and O–H groups in total. The highest BCUT2D eigenvalue weighted by Gasteiger charge is 2.03. The van der Waals surface area contributed by atoms with Crippen molar-refractivity contribution in [2.24, 2.45) is 11.7 Å². The number of ether oxygens (including phenoxy) is 1. The van der Waals surface area contributed by atoms with Gasteiger partial charge in [0.15, 0.2) is 6.61 Å². The van der Waals surface area contributed by atoms with Crippen molar-refractivity contribution >= 4 is 5.91 Å². The lowest BCUT2D eigenvalue weighted by atomic mass is 10.2. The number of carbonyl (C=O) groups is 1. The molecule has 0 aromatic heterocycles. The maximum absolute atomic E-state index is 11.4.